The molecule has 3 aliphatic rings. The fraction of sp³-hybridized carbons (Fsp3) is 0.191. The van der Waals surface area contributed by atoms with Crippen LogP contribution in [-0.4, -0.2) is 11.6 Å². The molecule has 0 radical (unpaired) electrons. The van der Waals surface area contributed by atoms with Crippen molar-refractivity contribution in [3.63, 3.8) is 0 Å². The number of rotatable bonds is 6. The van der Waals surface area contributed by atoms with Crippen molar-refractivity contribution in [2.75, 3.05) is 4.90 Å². The Morgan fingerprint density at radius 1 is 0.592 bits per heavy atom. The van der Waals surface area contributed by atoms with E-state index < -0.39 is 5.60 Å². The fourth-order valence-electron chi connectivity index (χ4n) is 8.81. The highest BCUT2D eigenvalue weighted by molar-refractivity contribution is 6.03. The maximum absolute atomic E-state index is 7.03. The quantitative estimate of drug-likeness (QED) is 0.181. The molecular weight excluding hydrogens is 595 g/mol. The van der Waals surface area contributed by atoms with E-state index >= 15 is 0 Å². The minimum Gasteiger partial charge on any atom is -0.480 e. The van der Waals surface area contributed by atoms with E-state index in [9.17, 15) is 0 Å². The van der Waals surface area contributed by atoms with Crippen LogP contribution >= 0.6 is 0 Å². The van der Waals surface area contributed by atoms with Gasteiger partial charge in [0.2, 0.25) is 0 Å². The third-order valence-corrected chi connectivity index (χ3v) is 11.1. The van der Waals surface area contributed by atoms with Crippen LogP contribution in [0.15, 0.2) is 158 Å². The highest BCUT2D eigenvalue weighted by Gasteiger charge is 2.49. The summed E-state index contributed by atoms with van der Waals surface area (Å²) < 4.78 is 7.03. The number of para-hydroxylation sites is 3. The number of allylic oxidation sites excluding steroid dienone is 2. The number of fused-ring (bicyclic) bond motifs is 4. The normalized spacial score (nSPS) is 19.9. The van der Waals surface area contributed by atoms with Crippen molar-refractivity contribution in [3.8, 4) is 28.0 Å². The second kappa shape index (κ2) is 12.3. The molecule has 1 saturated carbocycles. The third kappa shape index (κ3) is 5.01. The SMILES string of the molecule is CC12Oc3ccccc3C1=CC=CC2N(c1ccccc1-c1ccccc1)c1ccccc1-c1cccc2cccc(C3CCCCC3)c12. The predicted molar refractivity (Wildman–Crippen MR) is 206 cm³/mol. The van der Waals surface area contributed by atoms with Gasteiger partial charge >= 0.3 is 0 Å². The van der Waals surface area contributed by atoms with E-state index in [1.165, 1.54) is 87.5 Å². The molecule has 2 heteroatoms. The molecule has 0 N–H and O–H groups in total. The Balaban J connectivity index is 1.29. The zero-order chi connectivity index (χ0) is 32.8. The van der Waals surface area contributed by atoms with Gasteiger partial charge in [0, 0.05) is 33.6 Å². The molecule has 0 spiro atoms. The van der Waals surface area contributed by atoms with E-state index in [4.69, 9.17) is 4.74 Å². The Bertz CT molecular complexity index is 2220. The minimum absolute atomic E-state index is 0.126. The van der Waals surface area contributed by atoms with Gasteiger partial charge in [0.25, 0.3) is 0 Å². The molecule has 2 unspecified atom stereocenters. The zero-order valence-electron chi connectivity index (χ0n) is 28.1. The highest BCUT2D eigenvalue weighted by Crippen LogP contribution is 2.53. The Labute approximate surface area is 290 Å². The average molecular weight is 636 g/mol. The van der Waals surface area contributed by atoms with Gasteiger partial charge in [-0.05, 0) is 71.3 Å². The van der Waals surface area contributed by atoms with Crippen molar-refractivity contribution in [1.82, 2.24) is 0 Å². The molecule has 6 aromatic rings. The highest BCUT2D eigenvalue weighted by atomic mass is 16.5. The molecule has 0 aromatic heterocycles. The molecule has 0 bridgehead atoms. The first-order valence-corrected chi connectivity index (χ1v) is 17.9. The number of ether oxygens (including phenoxy) is 1. The lowest BCUT2D eigenvalue weighted by Gasteiger charge is -2.44. The molecule has 1 heterocycles. The van der Waals surface area contributed by atoms with Crippen molar-refractivity contribution >= 4 is 27.7 Å². The first kappa shape index (κ1) is 29.8. The van der Waals surface area contributed by atoms with Gasteiger partial charge < -0.3 is 9.64 Å². The number of nitrogens with zero attached hydrogens (tertiary/aromatic N) is 1. The second-order valence-corrected chi connectivity index (χ2v) is 14.0. The molecule has 9 rings (SSSR count). The average Bonchev–Trinajstić information content (AvgIpc) is 3.48. The van der Waals surface area contributed by atoms with E-state index in [0.717, 1.165) is 11.4 Å². The Morgan fingerprint density at radius 2 is 1.22 bits per heavy atom. The summed E-state index contributed by atoms with van der Waals surface area (Å²) in [5.74, 6) is 1.54. The van der Waals surface area contributed by atoms with Gasteiger partial charge in [-0.25, -0.2) is 0 Å². The summed E-state index contributed by atoms with van der Waals surface area (Å²) in [6.45, 7) is 2.27. The number of hydrogen-bond donors (Lipinski definition) is 0. The summed E-state index contributed by atoms with van der Waals surface area (Å²) in [7, 11) is 0. The summed E-state index contributed by atoms with van der Waals surface area (Å²) >= 11 is 0. The van der Waals surface area contributed by atoms with Crippen LogP contribution in [0.5, 0.6) is 5.75 Å². The van der Waals surface area contributed by atoms with Gasteiger partial charge in [0.1, 0.15) is 5.75 Å². The van der Waals surface area contributed by atoms with Crippen molar-refractivity contribution in [3.05, 3.63) is 169 Å². The molecule has 2 aliphatic carbocycles. The van der Waals surface area contributed by atoms with Crippen LogP contribution in [0.1, 0.15) is 56.1 Å². The lowest BCUT2D eigenvalue weighted by Crippen LogP contribution is -2.52. The van der Waals surface area contributed by atoms with Gasteiger partial charge in [-0.3, -0.25) is 0 Å². The topological polar surface area (TPSA) is 12.5 Å². The Morgan fingerprint density at radius 3 is 2.02 bits per heavy atom. The van der Waals surface area contributed by atoms with Gasteiger partial charge in [-0.15, -0.1) is 0 Å². The van der Waals surface area contributed by atoms with E-state index in [1.54, 1.807) is 0 Å². The van der Waals surface area contributed by atoms with E-state index in [1.807, 2.05) is 0 Å². The predicted octanol–water partition coefficient (Wildman–Crippen LogP) is 12.5. The van der Waals surface area contributed by atoms with Crippen LogP contribution in [0.4, 0.5) is 11.4 Å². The number of hydrogen-bond acceptors (Lipinski definition) is 2. The number of benzene rings is 6. The maximum atomic E-state index is 7.03. The van der Waals surface area contributed by atoms with Crippen LogP contribution in [-0.2, 0) is 0 Å². The molecule has 49 heavy (non-hydrogen) atoms. The van der Waals surface area contributed by atoms with Crippen molar-refractivity contribution in [2.24, 2.45) is 0 Å². The van der Waals surface area contributed by atoms with Crippen molar-refractivity contribution < 1.29 is 4.74 Å². The van der Waals surface area contributed by atoms with Crippen molar-refractivity contribution in [2.45, 2.75) is 56.6 Å². The van der Waals surface area contributed by atoms with E-state index in [2.05, 4.69) is 170 Å². The first-order valence-electron chi connectivity index (χ1n) is 17.9. The van der Waals surface area contributed by atoms with Crippen LogP contribution in [0.3, 0.4) is 0 Å². The monoisotopic (exact) mass is 635 g/mol. The van der Waals surface area contributed by atoms with Crippen LogP contribution in [0, 0.1) is 0 Å². The third-order valence-electron chi connectivity index (χ3n) is 11.1. The molecule has 6 aromatic carbocycles. The van der Waals surface area contributed by atoms with Gasteiger partial charge in [-0.1, -0.05) is 159 Å². The molecule has 2 atom stereocenters. The maximum Gasteiger partial charge on any atom is 0.156 e. The summed E-state index contributed by atoms with van der Waals surface area (Å²) in [4.78, 5) is 2.56. The summed E-state index contributed by atoms with van der Waals surface area (Å²) in [6, 6.07) is 50.9. The standard InChI is InChI=1S/C47H41NO/c1-47-41(40-25-10-13-31-44(40)49-47)28-16-32-45(47)48(42-29-11-8-23-36(42)33-17-4-2-5-18-33)43-30-12-9-24-38(43)39-27-15-22-35-21-14-26-37(46(35)39)34-19-6-3-7-20-34/h2,4-5,8-18,21-32,34,45H,3,6-7,19-20H2,1H3. The molecule has 2 nitrogen and oxygen atoms in total. The van der Waals surface area contributed by atoms with Gasteiger partial charge in [0.05, 0.1) is 6.04 Å². The largest absolute Gasteiger partial charge is 0.480 e. The molecule has 1 aliphatic heterocycles. The van der Waals surface area contributed by atoms with E-state index in [-0.39, 0.29) is 6.04 Å². The molecule has 1 fully saturated rings. The minimum atomic E-state index is -0.610. The summed E-state index contributed by atoms with van der Waals surface area (Å²) in [5.41, 5.74) is 10.6. The van der Waals surface area contributed by atoms with Gasteiger partial charge in [0.15, 0.2) is 5.60 Å². The first-order chi connectivity index (χ1) is 24.2. The molecule has 0 amide bonds. The van der Waals surface area contributed by atoms with Crippen LogP contribution in [0.2, 0.25) is 0 Å². The number of anilines is 2. The second-order valence-electron chi connectivity index (χ2n) is 14.0. The van der Waals surface area contributed by atoms with Gasteiger partial charge in [-0.2, -0.15) is 0 Å². The lowest BCUT2D eigenvalue weighted by atomic mass is 9.79. The van der Waals surface area contributed by atoms with Crippen LogP contribution in [0.25, 0.3) is 38.6 Å². The van der Waals surface area contributed by atoms with Crippen LogP contribution < -0.4 is 9.64 Å². The molecular formula is C47H41NO. The zero-order valence-corrected chi connectivity index (χ0v) is 28.1. The fourth-order valence-corrected chi connectivity index (χ4v) is 8.81. The van der Waals surface area contributed by atoms with Crippen molar-refractivity contribution in [1.29, 1.82) is 0 Å². The summed E-state index contributed by atoms with van der Waals surface area (Å²) in [6.07, 6.45) is 13.3. The Kier molecular flexibility index (Phi) is 7.46. The molecule has 0 saturated heterocycles. The lowest BCUT2D eigenvalue weighted by molar-refractivity contribution is 0.151. The summed E-state index contributed by atoms with van der Waals surface area (Å²) in [5, 5.41) is 2.71. The smallest absolute Gasteiger partial charge is 0.156 e. The molecule has 240 valence electrons. The van der Waals surface area contributed by atoms with E-state index in [0.29, 0.717) is 5.92 Å². The Hall–Kier alpha value is -5.34.